The summed E-state index contributed by atoms with van der Waals surface area (Å²) in [5, 5.41) is 8.23. The Labute approximate surface area is 168 Å². The lowest BCUT2D eigenvalue weighted by Crippen LogP contribution is -2.22. The molecule has 3 aromatic carbocycles. The third kappa shape index (κ3) is 5.26. The van der Waals surface area contributed by atoms with Crippen molar-refractivity contribution in [3.8, 4) is 11.5 Å². The van der Waals surface area contributed by atoms with Gasteiger partial charge in [-0.05, 0) is 60.7 Å². The van der Waals surface area contributed by atoms with Crippen molar-refractivity contribution in [2.24, 2.45) is 0 Å². The number of hydrogen-bond acceptors (Lipinski definition) is 4. The van der Waals surface area contributed by atoms with Crippen molar-refractivity contribution in [2.45, 2.75) is 0 Å². The molecular formula is C22H21N3O4. The smallest absolute Gasteiger partial charge is 0.323 e. The van der Waals surface area contributed by atoms with E-state index in [4.69, 9.17) is 9.47 Å². The lowest BCUT2D eigenvalue weighted by molar-refractivity contribution is 0.102. The Balaban J connectivity index is 1.68. The van der Waals surface area contributed by atoms with E-state index >= 15 is 0 Å². The number of amides is 3. The second-order valence-electron chi connectivity index (χ2n) is 6.04. The van der Waals surface area contributed by atoms with Crippen LogP contribution in [0.25, 0.3) is 0 Å². The summed E-state index contributed by atoms with van der Waals surface area (Å²) in [5.41, 5.74) is 1.95. The van der Waals surface area contributed by atoms with Gasteiger partial charge in [-0.1, -0.05) is 12.1 Å². The van der Waals surface area contributed by atoms with Crippen molar-refractivity contribution >= 4 is 29.0 Å². The number of methoxy groups -OCH3 is 2. The lowest BCUT2D eigenvalue weighted by Gasteiger charge is -2.13. The van der Waals surface area contributed by atoms with E-state index < -0.39 is 6.03 Å². The van der Waals surface area contributed by atoms with Crippen LogP contribution in [-0.4, -0.2) is 26.2 Å². The Kier molecular flexibility index (Phi) is 6.32. The van der Waals surface area contributed by atoms with E-state index in [9.17, 15) is 9.59 Å². The van der Waals surface area contributed by atoms with Crippen molar-refractivity contribution in [3.05, 3.63) is 78.4 Å². The first kappa shape index (κ1) is 19.8. The number of nitrogens with one attached hydrogen (secondary N) is 3. The Morgan fingerprint density at radius 1 is 0.655 bits per heavy atom. The molecule has 3 aromatic rings. The molecule has 7 nitrogen and oxygen atoms in total. The van der Waals surface area contributed by atoms with Crippen LogP contribution in [0.2, 0.25) is 0 Å². The molecule has 148 valence electrons. The Bertz CT molecular complexity index is 986. The van der Waals surface area contributed by atoms with E-state index in [-0.39, 0.29) is 5.91 Å². The number of rotatable bonds is 6. The minimum Gasteiger partial charge on any atom is -0.497 e. The molecule has 0 spiro atoms. The normalized spacial score (nSPS) is 10.0. The van der Waals surface area contributed by atoms with Gasteiger partial charge < -0.3 is 25.4 Å². The van der Waals surface area contributed by atoms with Gasteiger partial charge in [0.2, 0.25) is 0 Å². The molecule has 3 amide bonds. The number of hydrogen-bond donors (Lipinski definition) is 3. The van der Waals surface area contributed by atoms with Crippen LogP contribution in [0.5, 0.6) is 11.5 Å². The highest BCUT2D eigenvalue weighted by molar-refractivity contribution is 6.11. The summed E-state index contributed by atoms with van der Waals surface area (Å²) in [5.74, 6) is 1.05. The van der Waals surface area contributed by atoms with Crippen molar-refractivity contribution in [1.82, 2.24) is 0 Å². The molecule has 3 N–H and O–H groups in total. The number of urea groups is 1. The summed E-state index contributed by atoms with van der Waals surface area (Å²) < 4.78 is 10.2. The fourth-order valence-electron chi connectivity index (χ4n) is 2.62. The van der Waals surface area contributed by atoms with Gasteiger partial charge in [-0.2, -0.15) is 0 Å². The van der Waals surface area contributed by atoms with E-state index in [2.05, 4.69) is 16.0 Å². The molecule has 0 aliphatic rings. The van der Waals surface area contributed by atoms with Gasteiger partial charge in [0.05, 0.1) is 25.5 Å². The molecule has 0 aliphatic heterocycles. The SMILES string of the molecule is COc1ccc(NC(=O)Nc2ccccc2C(=O)Nc2ccc(OC)cc2)cc1. The van der Waals surface area contributed by atoms with Gasteiger partial charge in [0, 0.05) is 11.4 Å². The fourth-order valence-corrected chi connectivity index (χ4v) is 2.62. The molecule has 0 aromatic heterocycles. The average Bonchev–Trinajstić information content (AvgIpc) is 2.75. The van der Waals surface area contributed by atoms with E-state index in [1.54, 1.807) is 87.0 Å². The first-order valence-corrected chi connectivity index (χ1v) is 8.85. The van der Waals surface area contributed by atoms with Crippen LogP contribution in [0.1, 0.15) is 10.4 Å². The average molecular weight is 391 g/mol. The fraction of sp³-hybridized carbons (Fsp3) is 0.0909. The predicted molar refractivity (Wildman–Crippen MR) is 113 cm³/mol. The largest absolute Gasteiger partial charge is 0.497 e. The highest BCUT2D eigenvalue weighted by atomic mass is 16.5. The van der Waals surface area contributed by atoms with E-state index in [1.807, 2.05) is 0 Å². The highest BCUT2D eigenvalue weighted by Crippen LogP contribution is 2.20. The molecule has 3 rings (SSSR count). The summed E-state index contributed by atoms with van der Waals surface area (Å²) >= 11 is 0. The maximum atomic E-state index is 12.7. The van der Waals surface area contributed by atoms with Gasteiger partial charge in [0.25, 0.3) is 5.91 Å². The number of ether oxygens (including phenoxy) is 2. The number of anilines is 3. The van der Waals surface area contributed by atoms with Crippen molar-refractivity contribution in [2.75, 3.05) is 30.2 Å². The van der Waals surface area contributed by atoms with E-state index in [0.717, 1.165) is 0 Å². The molecule has 0 bridgehead atoms. The Morgan fingerprint density at radius 2 is 1.17 bits per heavy atom. The lowest BCUT2D eigenvalue weighted by atomic mass is 10.1. The summed E-state index contributed by atoms with van der Waals surface area (Å²) in [6.07, 6.45) is 0. The Hall–Kier alpha value is -4.00. The van der Waals surface area contributed by atoms with E-state index in [1.165, 1.54) is 0 Å². The zero-order valence-corrected chi connectivity index (χ0v) is 16.1. The second kappa shape index (κ2) is 9.27. The number of benzene rings is 3. The third-order valence-corrected chi connectivity index (χ3v) is 4.12. The maximum absolute atomic E-state index is 12.7. The molecule has 0 atom stereocenters. The summed E-state index contributed by atoms with van der Waals surface area (Å²) in [4.78, 5) is 25.0. The molecular weight excluding hydrogens is 370 g/mol. The number of carbonyl (C=O) groups excluding carboxylic acids is 2. The summed E-state index contributed by atoms with van der Waals surface area (Å²) in [7, 11) is 3.15. The van der Waals surface area contributed by atoms with Crippen LogP contribution in [-0.2, 0) is 0 Å². The molecule has 0 heterocycles. The zero-order valence-electron chi connectivity index (χ0n) is 16.1. The van der Waals surface area contributed by atoms with Crippen LogP contribution in [0.4, 0.5) is 21.9 Å². The first-order valence-electron chi connectivity index (χ1n) is 8.85. The quantitative estimate of drug-likeness (QED) is 0.573. The molecule has 29 heavy (non-hydrogen) atoms. The standard InChI is InChI=1S/C22H21N3O4/c1-28-17-11-7-15(8-12-17)23-21(26)19-5-3-4-6-20(19)25-22(27)24-16-9-13-18(29-2)14-10-16/h3-14H,1-2H3,(H,23,26)(H2,24,25,27). The highest BCUT2D eigenvalue weighted by Gasteiger charge is 2.13. The van der Waals surface area contributed by atoms with Crippen molar-refractivity contribution in [1.29, 1.82) is 0 Å². The maximum Gasteiger partial charge on any atom is 0.323 e. The molecule has 0 saturated heterocycles. The monoisotopic (exact) mass is 391 g/mol. The van der Waals surface area contributed by atoms with Gasteiger partial charge in [-0.25, -0.2) is 4.79 Å². The van der Waals surface area contributed by atoms with Crippen LogP contribution < -0.4 is 25.4 Å². The van der Waals surface area contributed by atoms with Crippen LogP contribution in [0, 0.1) is 0 Å². The number of para-hydroxylation sites is 1. The minimum atomic E-state index is -0.458. The molecule has 0 radical (unpaired) electrons. The summed E-state index contributed by atoms with van der Waals surface area (Å²) in [6, 6.07) is 20.2. The van der Waals surface area contributed by atoms with Crippen LogP contribution in [0.15, 0.2) is 72.8 Å². The van der Waals surface area contributed by atoms with Crippen LogP contribution >= 0.6 is 0 Å². The topological polar surface area (TPSA) is 88.7 Å². The van der Waals surface area contributed by atoms with Gasteiger partial charge in [-0.15, -0.1) is 0 Å². The zero-order chi connectivity index (χ0) is 20.6. The number of carbonyl (C=O) groups is 2. The first-order chi connectivity index (χ1) is 14.1. The molecule has 7 heteroatoms. The van der Waals surface area contributed by atoms with Gasteiger partial charge in [-0.3, -0.25) is 4.79 Å². The van der Waals surface area contributed by atoms with Crippen molar-refractivity contribution < 1.29 is 19.1 Å². The molecule has 0 unspecified atom stereocenters. The summed E-state index contributed by atoms with van der Waals surface area (Å²) in [6.45, 7) is 0. The van der Waals surface area contributed by atoms with Crippen molar-refractivity contribution in [3.63, 3.8) is 0 Å². The predicted octanol–water partition coefficient (Wildman–Crippen LogP) is 4.60. The van der Waals surface area contributed by atoms with Crippen LogP contribution in [0.3, 0.4) is 0 Å². The Morgan fingerprint density at radius 3 is 1.72 bits per heavy atom. The third-order valence-electron chi connectivity index (χ3n) is 4.12. The van der Waals surface area contributed by atoms with Gasteiger partial charge in [0.15, 0.2) is 0 Å². The second-order valence-corrected chi connectivity index (χ2v) is 6.04. The van der Waals surface area contributed by atoms with Gasteiger partial charge in [0.1, 0.15) is 11.5 Å². The van der Waals surface area contributed by atoms with Gasteiger partial charge >= 0.3 is 6.03 Å². The van der Waals surface area contributed by atoms with E-state index in [0.29, 0.717) is 34.1 Å². The molecule has 0 saturated carbocycles. The molecule has 0 fully saturated rings. The molecule has 0 aliphatic carbocycles. The minimum absolute atomic E-state index is 0.337.